The van der Waals surface area contributed by atoms with Crippen LogP contribution in [0.3, 0.4) is 0 Å². The van der Waals surface area contributed by atoms with Crippen molar-refractivity contribution >= 4 is 23.3 Å². The molecule has 2 N–H and O–H groups in total. The van der Waals surface area contributed by atoms with Crippen LogP contribution in [0.2, 0.25) is 0 Å². The molecule has 26 heavy (non-hydrogen) atoms. The minimum absolute atomic E-state index is 0.0154. The van der Waals surface area contributed by atoms with Gasteiger partial charge >= 0.3 is 6.03 Å². The number of aryl methyl sites for hydroxylation is 1. The van der Waals surface area contributed by atoms with Gasteiger partial charge in [-0.15, -0.1) is 0 Å². The van der Waals surface area contributed by atoms with Crippen molar-refractivity contribution in [3.05, 3.63) is 47.9 Å². The molecule has 0 atom stereocenters. The number of nitrogens with one attached hydrogen (secondary N) is 2. The van der Waals surface area contributed by atoms with Crippen LogP contribution < -0.4 is 10.6 Å². The number of carbonyl (C=O) groups excluding carboxylic acids is 2. The lowest BCUT2D eigenvalue weighted by Crippen LogP contribution is -2.35. The lowest BCUT2D eigenvalue weighted by molar-refractivity contribution is -0.116. The topological polar surface area (TPSA) is 98.4 Å². The number of benzene rings is 1. The Balaban J connectivity index is 1.71. The van der Waals surface area contributed by atoms with E-state index in [9.17, 15) is 9.59 Å². The van der Waals surface area contributed by atoms with Crippen molar-refractivity contribution in [2.75, 3.05) is 17.2 Å². The largest absolute Gasteiger partial charge is 0.467 e. The zero-order valence-electron chi connectivity index (χ0n) is 14.3. The third kappa shape index (κ3) is 4.42. The van der Waals surface area contributed by atoms with Crippen LogP contribution in [-0.4, -0.2) is 23.4 Å². The van der Waals surface area contributed by atoms with E-state index in [-0.39, 0.29) is 18.4 Å². The summed E-state index contributed by atoms with van der Waals surface area (Å²) in [5.41, 5.74) is 2.46. The number of nitriles is 1. The molecule has 2 aromatic rings. The van der Waals surface area contributed by atoms with Gasteiger partial charge in [-0.2, -0.15) is 5.26 Å². The maximum Gasteiger partial charge on any atom is 0.322 e. The van der Waals surface area contributed by atoms with Crippen LogP contribution in [-0.2, 0) is 17.8 Å². The Bertz CT molecular complexity index is 824. The minimum Gasteiger partial charge on any atom is -0.467 e. The van der Waals surface area contributed by atoms with E-state index in [4.69, 9.17) is 9.68 Å². The van der Waals surface area contributed by atoms with Crippen molar-refractivity contribution in [1.82, 2.24) is 4.90 Å². The van der Waals surface area contributed by atoms with Gasteiger partial charge in [-0.3, -0.25) is 4.79 Å². The number of furan rings is 1. The maximum atomic E-state index is 12.6. The average Bonchev–Trinajstić information content (AvgIpc) is 3.06. The molecular formula is C19H20N4O3. The number of nitrogens with zero attached hydrogens (tertiary/aromatic N) is 2. The van der Waals surface area contributed by atoms with E-state index in [2.05, 4.69) is 16.7 Å². The molecule has 0 spiro atoms. The molecule has 7 nitrogen and oxygen atoms in total. The second-order valence-electron chi connectivity index (χ2n) is 6.11. The van der Waals surface area contributed by atoms with E-state index in [1.807, 2.05) is 6.07 Å². The van der Waals surface area contributed by atoms with Crippen LogP contribution in [0.5, 0.6) is 0 Å². The number of hydrogen-bond acceptors (Lipinski definition) is 4. The molecule has 0 saturated carbocycles. The lowest BCUT2D eigenvalue weighted by atomic mass is 10.1. The highest BCUT2D eigenvalue weighted by molar-refractivity contribution is 5.94. The second-order valence-corrected chi connectivity index (χ2v) is 6.11. The third-order valence-electron chi connectivity index (χ3n) is 4.19. The standard InChI is InChI=1S/C19H20N4O3/c20-9-3-10-23(13-16-5-2-11-26-16)19(25)21-15-7-8-17-14(12-15)4-1-6-18(24)22-17/h2,5,7-8,11-12H,1,3-4,6,10,13H2,(H,21,25)(H,22,24). The number of fused-ring (bicyclic) bond motifs is 1. The Labute approximate surface area is 151 Å². The molecule has 3 rings (SSSR count). The number of rotatable bonds is 5. The first-order chi connectivity index (χ1) is 12.7. The molecule has 1 aliphatic heterocycles. The van der Waals surface area contributed by atoms with Gasteiger partial charge in [0, 0.05) is 24.3 Å². The van der Waals surface area contributed by atoms with Crippen molar-refractivity contribution in [2.45, 2.75) is 32.2 Å². The predicted molar refractivity (Wildman–Crippen MR) is 96.4 cm³/mol. The molecule has 0 bridgehead atoms. The van der Waals surface area contributed by atoms with Crippen molar-refractivity contribution in [3.63, 3.8) is 0 Å². The lowest BCUT2D eigenvalue weighted by Gasteiger charge is -2.21. The number of amides is 3. The second kappa shape index (κ2) is 8.21. The molecule has 3 amide bonds. The first kappa shape index (κ1) is 17.5. The summed E-state index contributed by atoms with van der Waals surface area (Å²) in [7, 11) is 0. The van der Waals surface area contributed by atoms with Crippen LogP contribution in [0.4, 0.5) is 16.2 Å². The van der Waals surface area contributed by atoms with Gasteiger partial charge in [0.1, 0.15) is 5.76 Å². The molecule has 0 radical (unpaired) electrons. The van der Waals surface area contributed by atoms with Gasteiger partial charge < -0.3 is 20.0 Å². The first-order valence-electron chi connectivity index (χ1n) is 8.54. The summed E-state index contributed by atoms with van der Waals surface area (Å²) in [6.07, 6.45) is 3.85. The molecule has 0 unspecified atom stereocenters. The number of hydrogen-bond donors (Lipinski definition) is 2. The fourth-order valence-electron chi connectivity index (χ4n) is 2.88. The SMILES string of the molecule is N#CCCN(Cc1ccco1)C(=O)Nc1ccc2c(c1)CCCC(=O)N2. The van der Waals surface area contributed by atoms with Crippen molar-refractivity contribution in [2.24, 2.45) is 0 Å². The molecule has 0 fully saturated rings. The van der Waals surface area contributed by atoms with Gasteiger partial charge in [0.15, 0.2) is 0 Å². The fraction of sp³-hybridized carbons (Fsp3) is 0.316. The van der Waals surface area contributed by atoms with Gasteiger partial charge in [0.2, 0.25) is 5.91 Å². The summed E-state index contributed by atoms with van der Waals surface area (Å²) in [5, 5.41) is 14.6. The van der Waals surface area contributed by atoms with Crippen molar-refractivity contribution < 1.29 is 14.0 Å². The van der Waals surface area contributed by atoms with E-state index in [1.54, 1.807) is 30.5 Å². The average molecular weight is 352 g/mol. The van der Waals surface area contributed by atoms with Crippen molar-refractivity contribution in [1.29, 1.82) is 5.26 Å². The monoisotopic (exact) mass is 352 g/mol. The summed E-state index contributed by atoms with van der Waals surface area (Å²) in [5.74, 6) is 0.671. The Morgan fingerprint density at radius 2 is 2.23 bits per heavy atom. The smallest absolute Gasteiger partial charge is 0.322 e. The fourth-order valence-corrected chi connectivity index (χ4v) is 2.88. The van der Waals surface area contributed by atoms with Crippen molar-refractivity contribution in [3.8, 4) is 6.07 Å². The summed E-state index contributed by atoms with van der Waals surface area (Å²) < 4.78 is 5.30. The molecule has 1 aromatic heterocycles. The van der Waals surface area contributed by atoms with Crippen LogP contribution in [0, 0.1) is 11.3 Å². The van der Waals surface area contributed by atoms with E-state index in [1.165, 1.54) is 4.90 Å². The highest BCUT2D eigenvalue weighted by Crippen LogP contribution is 2.25. The summed E-state index contributed by atoms with van der Waals surface area (Å²) >= 11 is 0. The maximum absolute atomic E-state index is 12.6. The summed E-state index contributed by atoms with van der Waals surface area (Å²) in [6, 6.07) is 10.8. The van der Waals surface area contributed by atoms with Gasteiger partial charge in [-0.05, 0) is 48.7 Å². The van der Waals surface area contributed by atoms with E-state index in [0.717, 1.165) is 24.1 Å². The zero-order chi connectivity index (χ0) is 18.4. The van der Waals surface area contributed by atoms with Gasteiger partial charge in [-0.25, -0.2) is 4.79 Å². The Hall–Kier alpha value is -3.27. The molecule has 0 aliphatic carbocycles. The normalized spacial score (nSPS) is 13.1. The summed E-state index contributed by atoms with van der Waals surface area (Å²) in [4.78, 5) is 25.8. The molecule has 134 valence electrons. The zero-order valence-corrected chi connectivity index (χ0v) is 14.3. The van der Waals surface area contributed by atoms with Gasteiger partial charge in [-0.1, -0.05) is 0 Å². The Kier molecular flexibility index (Phi) is 5.54. The van der Waals surface area contributed by atoms with Crippen LogP contribution >= 0.6 is 0 Å². The van der Waals surface area contributed by atoms with Crippen LogP contribution in [0.25, 0.3) is 0 Å². The molecule has 1 aliphatic rings. The molecule has 0 saturated heterocycles. The third-order valence-corrected chi connectivity index (χ3v) is 4.19. The van der Waals surface area contributed by atoms with Gasteiger partial charge in [0.25, 0.3) is 0 Å². The quantitative estimate of drug-likeness (QED) is 0.860. The highest BCUT2D eigenvalue weighted by Gasteiger charge is 2.17. The number of anilines is 2. The molecular weight excluding hydrogens is 332 g/mol. The minimum atomic E-state index is -0.297. The van der Waals surface area contributed by atoms with Gasteiger partial charge in [0.05, 0.1) is 25.3 Å². The summed E-state index contributed by atoms with van der Waals surface area (Å²) in [6.45, 7) is 0.603. The van der Waals surface area contributed by atoms with E-state index < -0.39 is 0 Å². The predicted octanol–water partition coefficient (Wildman–Crippen LogP) is 3.50. The Morgan fingerprint density at radius 1 is 1.35 bits per heavy atom. The van der Waals surface area contributed by atoms with E-state index >= 15 is 0 Å². The Morgan fingerprint density at radius 3 is 3.00 bits per heavy atom. The molecule has 2 heterocycles. The first-order valence-corrected chi connectivity index (χ1v) is 8.54. The molecule has 1 aromatic carbocycles. The van der Waals surface area contributed by atoms with Crippen LogP contribution in [0.1, 0.15) is 30.6 Å². The highest BCUT2D eigenvalue weighted by atomic mass is 16.3. The van der Waals surface area contributed by atoms with E-state index in [0.29, 0.717) is 31.0 Å². The number of urea groups is 1. The number of carbonyl (C=O) groups is 2. The molecule has 7 heteroatoms. The van der Waals surface area contributed by atoms with Crippen LogP contribution in [0.15, 0.2) is 41.0 Å².